The molecule has 170 valence electrons. The Morgan fingerprint density at radius 2 is 1.77 bits per heavy atom. The highest BCUT2D eigenvalue weighted by molar-refractivity contribution is 5.88. The Morgan fingerprint density at radius 3 is 2.35 bits per heavy atom. The predicted octanol–water partition coefficient (Wildman–Crippen LogP) is 2.46. The number of carbonyl (C=O) groups is 2. The number of nitrogens with one attached hydrogen (secondary N) is 1. The number of likely N-dealkylation sites (tertiary alicyclic amines) is 1. The number of carbonyl (C=O) groups excluding carboxylic acids is 2. The SMILES string of the molecule is Cc1nc2nc(C(F)(F)F)nn2c(C)c1CCC(=O)N[C@H](C(=O)N1CCCC1)C(C)C. The molecule has 0 saturated carbocycles. The van der Waals surface area contributed by atoms with Crippen LogP contribution in [0.5, 0.6) is 0 Å². The first-order valence-corrected chi connectivity index (χ1v) is 10.4. The van der Waals surface area contributed by atoms with Crippen LogP contribution >= 0.6 is 0 Å². The molecule has 8 nitrogen and oxygen atoms in total. The molecule has 1 aliphatic rings. The topological polar surface area (TPSA) is 92.5 Å². The molecule has 2 aromatic heterocycles. The summed E-state index contributed by atoms with van der Waals surface area (Å²) >= 11 is 0. The van der Waals surface area contributed by atoms with Gasteiger partial charge in [-0.05, 0) is 44.6 Å². The largest absolute Gasteiger partial charge is 0.453 e. The summed E-state index contributed by atoms with van der Waals surface area (Å²) in [6.07, 6.45) is -2.39. The van der Waals surface area contributed by atoms with Gasteiger partial charge in [0.2, 0.25) is 11.8 Å². The molecule has 0 radical (unpaired) electrons. The highest BCUT2D eigenvalue weighted by Crippen LogP contribution is 2.27. The van der Waals surface area contributed by atoms with Gasteiger partial charge in [-0.2, -0.15) is 18.2 Å². The molecule has 1 N–H and O–H groups in total. The molecule has 3 heterocycles. The number of amides is 2. The number of nitrogens with zero attached hydrogens (tertiary/aromatic N) is 5. The molecule has 3 rings (SSSR count). The third kappa shape index (κ3) is 4.96. The second kappa shape index (κ2) is 8.80. The van der Waals surface area contributed by atoms with Crippen molar-refractivity contribution >= 4 is 17.6 Å². The minimum absolute atomic E-state index is 0.0607. The minimum atomic E-state index is -4.66. The van der Waals surface area contributed by atoms with Gasteiger partial charge < -0.3 is 10.2 Å². The van der Waals surface area contributed by atoms with Gasteiger partial charge >= 0.3 is 6.18 Å². The van der Waals surface area contributed by atoms with E-state index in [0.29, 0.717) is 30.0 Å². The lowest BCUT2D eigenvalue weighted by Crippen LogP contribution is -2.50. The van der Waals surface area contributed by atoms with Gasteiger partial charge in [0, 0.05) is 30.9 Å². The van der Waals surface area contributed by atoms with Gasteiger partial charge in [0.1, 0.15) is 6.04 Å². The first kappa shape index (κ1) is 23.0. The van der Waals surface area contributed by atoms with Crippen molar-refractivity contribution in [2.24, 2.45) is 5.92 Å². The van der Waals surface area contributed by atoms with Gasteiger partial charge in [0.25, 0.3) is 11.6 Å². The second-order valence-corrected chi connectivity index (χ2v) is 8.23. The van der Waals surface area contributed by atoms with Crippen LogP contribution in [0.15, 0.2) is 0 Å². The first-order chi connectivity index (χ1) is 14.5. The Kier molecular flexibility index (Phi) is 6.51. The zero-order valence-corrected chi connectivity index (χ0v) is 18.1. The molecule has 2 amide bonds. The van der Waals surface area contributed by atoms with Gasteiger partial charge in [-0.25, -0.2) is 9.50 Å². The molecule has 1 saturated heterocycles. The fourth-order valence-electron chi connectivity index (χ4n) is 3.82. The highest BCUT2D eigenvalue weighted by atomic mass is 19.4. The normalized spacial score (nSPS) is 15.7. The van der Waals surface area contributed by atoms with E-state index >= 15 is 0 Å². The molecular weight excluding hydrogens is 413 g/mol. The van der Waals surface area contributed by atoms with E-state index in [1.165, 1.54) is 0 Å². The molecule has 0 aliphatic carbocycles. The van der Waals surface area contributed by atoms with Crippen LogP contribution in [0.3, 0.4) is 0 Å². The molecule has 0 unspecified atom stereocenters. The maximum absolute atomic E-state index is 12.9. The molecule has 11 heteroatoms. The highest BCUT2D eigenvalue weighted by Gasteiger charge is 2.37. The van der Waals surface area contributed by atoms with Crippen molar-refractivity contribution in [2.75, 3.05) is 13.1 Å². The van der Waals surface area contributed by atoms with Crippen molar-refractivity contribution in [2.45, 2.75) is 65.6 Å². The smallest absolute Gasteiger partial charge is 0.344 e. The lowest BCUT2D eigenvalue weighted by atomic mass is 10.0. The van der Waals surface area contributed by atoms with Crippen molar-refractivity contribution < 1.29 is 22.8 Å². The fraction of sp³-hybridized carbons (Fsp3) is 0.650. The summed E-state index contributed by atoms with van der Waals surface area (Å²) in [4.78, 5) is 34.7. The number of halogens is 3. The second-order valence-electron chi connectivity index (χ2n) is 8.23. The van der Waals surface area contributed by atoms with Gasteiger partial charge in [0.15, 0.2) is 0 Å². The Hall–Kier alpha value is -2.72. The number of hydrogen-bond donors (Lipinski definition) is 1. The summed E-state index contributed by atoms with van der Waals surface area (Å²) in [5.74, 6) is -1.81. The van der Waals surface area contributed by atoms with E-state index in [-0.39, 0.29) is 36.4 Å². The van der Waals surface area contributed by atoms with Crippen LogP contribution in [0.1, 0.15) is 55.9 Å². The van der Waals surface area contributed by atoms with Crippen molar-refractivity contribution in [1.82, 2.24) is 29.8 Å². The van der Waals surface area contributed by atoms with Crippen molar-refractivity contribution in [3.8, 4) is 0 Å². The van der Waals surface area contributed by atoms with Gasteiger partial charge in [-0.3, -0.25) is 9.59 Å². The average molecular weight is 440 g/mol. The van der Waals surface area contributed by atoms with E-state index in [1.807, 2.05) is 13.8 Å². The molecular formula is C20H27F3N6O2. The Labute approximate surface area is 178 Å². The molecule has 0 bridgehead atoms. The van der Waals surface area contributed by atoms with Crippen LogP contribution in [0.25, 0.3) is 5.78 Å². The molecule has 1 atom stereocenters. The zero-order valence-electron chi connectivity index (χ0n) is 18.1. The first-order valence-electron chi connectivity index (χ1n) is 10.4. The Bertz CT molecular complexity index is 979. The molecule has 1 aliphatic heterocycles. The van der Waals surface area contributed by atoms with Crippen LogP contribution < -0.4 is 5.32 Å². The van der Waals surface area contributed by atoms with Crippen LogP contribution in [-0.4, -0.2) is 55.4 Å². The summed E-state index contributed by atoms with van der Waals surface area (Å²) < 4.78 is 39.8. The van der Waals surface area contributed by atoms with Gasteiger partial charge in [-0.15, -0.1) is 5.10 Å². The average Bonchev–Trinajstić information content (AvgIpc) is 3.34. The predicted molar refractivity (Wildman–Crippen MR) is 106 cm³/mol. The number of hydrogen-bond acceptors (Lipinski definition) is 5. The monoisotopic (exact) mass is 440 g/mol. The fourth-order valence-corrected chi connectivity index (χ4v) is 3.82. The molecule has 0 aromatic carbocycles. The quantitative estimate of drug-likeness (QED) is 0.745. The number of rotatable bonds is 6. The molecule has 0 spiro atoms. The number of fused-ring (bicyclic) bond motifs is 1. The van der Waals surface area contributed by atoms with E-state index in [4.69, 9.17) is 0 Å². The summed E-state index contributed by atoms with van der Waals surface area (Å²) in [6, 6.07) is -0.599. The van der Waals surface area contributed by atoms with Crippen molar-refractivity contribution in [3.63, 3.8) is 0 Å². The van der Waals surface area contributed by atoms with Crippen molar-refractivity contribution in [3.05, 3.63) is 22.8 Å². The summed E-state index contributed by atoms with van der Waals surface area (Å²) in [7, 11) is 0. The Morgan fingerprint density at radius 1 is 1.13 bits per heavy atom. The summed E-state index contributed by atoms with van der Waals surface area (Å²) in [6.45, 7) is 8.47. The van der Waals surface area contributed by atoms with Crippen molar-refractivity contribution in [1.29, 1.82) is 0 Å². The maximum atomic E-state index is 12.9. The van der Waals surface area contributed by atoms with Crippen LogP contribution in [0, 0.1) is 19.8 Å². The molecule has 31 heavy (non-hydrogen) atoms. The number of aryl methyl sites for hydroxylation is 2. The van der Waals surface area contributed by atoms with E-state index in [1.54, 1.807) is 18.7 Å². The summed E-state index contributed by atoms with van der Waals surface area (Å²) in [5.41, 5.74) is 1.58. The summed E-state index contributed by atoms with van der Waals surface area (Å²) in [5, 5.41) is 6.35. The third-order valence-electron chi connectivity index (χ3n) is 5.57. The van der Waals surface area contributed by atoms with Gasteiger partial charge in [0.05, 0.1) is 0 Å². The molecule has 2 aromatic rings. The number of alkyl halides is 3. The molecule has 1 fully saturated rings. The Balaban J connectivity index is 1.72. The van der Waals surface area contributed by atoms with E-state index in [0.717, 1.165) is 17.4 Å². The lowest BCUT2D eigenvalue weighted by molar-refractivity contribution is -0.144. The number of aromatic nitrogens is 4. The zero-order chi connectivity index (χ0) is 22.9. The minimum Gasteiger partial charge on any atom is -0.344 e. The van der Waals surface area contributed by atoms with Gasteiger partial charge in [-0.1, -0.05) is 13.8 Å². The van der Waals surface area contributed by atoms with E-state index in [2.05, 4.69) is 20.4 Å². The van der Waals surface area contributed by atoms with Crippen LogP contribution in [0.4, 0.5) is 13.2 Å². The van der Waals surface area contributed by atoms with E-state index < -0.39 is 18.0 Å². The van der Waals surface area contributed by atoms with Crippen LogP contribution in [0.2, 0.25) is 0 Å². The van der Waals surface area contributed by atoms with E-state index in [9.17, 15) is 22.8 Å². The lowest BCUT2D eigenvalue weighted by Gasteiger charge is -2.26. The van der Waals surface area contributed by atoms with Crippen LogP contribution in [-0.2, 0) is 22.2 Å². The third-order valence-corrected chi connectivity index (χ3v) is 5.57. The maximum Gasteiger partial charge on any atom is 0.453 e. The standard InChI is InChI=1S/C20H27F3N6O2/c1-11(2)16(17(31)28-9-5-6-10-28)25-15(30)8-7-14-12(3)24-19-26-18(20(21,22)23)27-29(19)13(14)4/h11,16H,5-10H2,1-4H3,(H,25,30)/t16-/m0/s1.